The lowest BCUT2D eigenvalue weighted by Gasteiger charge is -2.61. The van der Waals surface area contributed by atoms with Gasteiger partial charge in [-0.25, -0.2) is 0 Å². The number of hydrogen-bond acceptors (Lipinski definition) is 4. The van der Waals surface area contributed by atoms with Gasteiger partial charge in [-0.2, -0.15) is 0 Å². The number of carbonyl (C=O) groups is 1. The van der Waals surface area contributed by atoms with Gasteiger partial charge in [-0.1, -0.05) is 25.5 Å². The largest absolute Gasteiger partial charge is 0.472 e. The fourth-order valence-electron chi connectivity index (χ4n) is 5.77. The second-order valence-corrected chi connectivity index (χ2v) is 8.23. The molecule has 5 unspecified atom stereocenters. The van der Waals surface area contributed by atoms with E-state index in [-0.39, 0.29) is 17.3 Å². The van der Waals surface area contributed by atoms with E-state index in [9.17, 15) is 9.90 Å². The van der Waals surface area contributed by atoms with Gasteiger partial charge in [-0.15, -0.1) is 0 Å². The summed E-state index contributed by atoms with van der Waals surface area (Å²) in [5.41, 5.74) is 1.44. The molecule has 1 N–H and O–H groups in total. The Hall–Kier alpha value is -1.55. The standard InChI is InChI=1S/C20H26O4/c1-13-4-5-17-19(2)7-3-8-20(17,18(22)24-12-19)15(13)10-16(21)14-6-9-23-11-14/h6,9,11,15-17,21H,1,3-5,7-8,10,12H2,2H3. The van der Waals surface area contributed by atoms with Gasteiger partial charge in [-0.3, -0.25) is 4.79 Å². The van der Waals surface area contributed by atoms with E-state index in [1.165, 1.54) is 0 Å². The monoisotopic (exact) mass is 330 g/mol. The van der Waals surface area contributed by atoms with Crippen LogP contribution in [0.2, 0.25) is 0 Å². The molecule has 2 aliphatic carbocycles. The molecule has 2 heterocycles. The molecule has 3 aliphatic rings. The average molecular weight is 330 g/mol. The Kier molecular flexibility index (Phi) is 3.64. The number of aliphatic hydroxyl groups excluding tert-OH is 1. The molecule has 24 heavy (non-hydrogen) atoms. The van der Waals surface area contributed by atoms with Crippen LogP contribution in [0.5, 0.6) is 0 Å². The minimum absolute atomic E-state index is 0.0198. The number of esters is 1. The maximum Gasteiger partial charge on any atom is 0.313 e. The topological polar surface area (TPSA) is 59.7 Å². The second kappa shape index (κ2) is 5.48. The highest BCUT2D eigenvalue weighted by Crippen LogP contribution is 2.65. The summed E-state index contributed by atoms with van der Waals surface area (Å²) in [5, 5.41) is 10.7. The van der Waals surface area contributed by atoms with E-state index in [0.29, 0.717) is 18.9 Å². The molecular weight excluding hydrogens is 304 g/mol. The summed E-state index contributed by atoms with van der Waals surface area (Å²) in [6, 6.07) is 1.79. The third-order valence-corrected chi connectivity index (χ3v) is 6.97. The number of rotatable bonds is 3. The van der Waals surface area contributed by atoms with Crippen molar-refractivity contribution in [3.05, 3.63) is 36.3 Å². The van der Waals surface area contributed by atoms with Crippen molar-refractivity contribution in [3.8, 4) is 0 Å². The first-order chi connectivity index (χ1) is 11.5. The summed E-state index contributed by atoms with van der Waals surface area (Å²) in [6.45, 7) is 7.09. The van der Waals surface area contributed by atoms with E-state index < -0.39 is 11.5 Å². The normalized spacial score (nSPS) is 39.9. The third-order valence-electron chi connectivity index (χ3n) is 6.97. The molecule has 0 radical (unpaired) electrons. The lowest BCUT2D eigenvalue weighted by atomic mass is 9.45. The zero-order chi connectivity index (χ0) is 16.9. The van der Waals surface area contributed by atoms with E-state index >= 15 is 0 Å². The molecule has 2 saturated carbocycles. The summed E-state index contributed by atoms with van der Waals surface area (Å²) in [5.74, 6) is 0.260. The molecule has 0 spiro atoms. The smallest absolute Gasteiger partial charge is 0.313 e. The average Bonchev–Trinajstić information content (AvgIpc) is 3.09. The minimum atomic E-state index is -0.637. The number of allylic oxidation sites excluding steroid dienone is 1. The first-order valence-corrected chi connectivity index (χ1v) is 9.02. The van der Waals surface area contributed by atoms with Crippen LogP contribution in [-0.2, 0) is 9.53 Å². The lowest BCUT2D eigenvalue weighted by molar-refractivity contribution is -0.209. The fourth-order valence-corrected chi connectivity index (χ4v) is 5.77. The zero-order valence-corrected chi connectivity index (χ0v) is 14.3. The molecule has 1 aromatic rings. The molecular formula is C20H26O4. The van der Waals surface area contributed by atoms with E-state index in [4.69, 9.17) is 9.15 Å². The van der Waals surface area contributed by atoms with Crippen LogP contribution in [0.4, 0.5) is 0 Å². The van der Waals surface area contributed by atoms with Gasteiger partial charge < -0.3 is 14.3 Å². The molecule has 5 atom stereocenters. The van der Waals surface area contributed by atoms with Crippen molar-refractivity contribution in [2.75, 3.05) is 6.61 Å². The van der Waals surface area contributed by atoms with Crippen molar-refractivity contribution in [2.24, 2.45) is 22.7 Å². The van der Waals surface area contributed by atoms with Gasteiger partial charge in [0, 0.05) is 11.0 Å². The van der Waals surface area contributed by atoms with Crippen molar-refractivity contribution in [1.29, 1.82) is 0 Å². The molecule has 3 fully saturated rings. The van der Waals surface area contributed by atoms with Crippen molar-refractivity contribution in [2.45, 2.75) is 51.6 Å². The molecule has 4 nitrogen and oxygen atoms in total. The van der Waals surface area contributed by atoms with Gasteiger partial charge in [0.05, 0.1) is 30.7 Å². The Morgan fingerprint density at radius 2 is 2.29 bits per heavy atom. The Morgan fingerprint density at radius 3 is 3.04 bits per heavy atom. The molecule has 0 aromatic carbocycles. The predicted molar refractivity (Wildman–Crippen MR) is 89.0 cm³/mol. The van der Waals surface area contributed by atoms with E-state index in [0.717, 1.165) is 43.2 Å². The van der Waals surface area contributed by atoms with Crippen molar-refractivity contribution >= 4 is 5.97 Å². The van der Waals surface area contributed by atoms with Crippen molar-refractivity contribution in [1.82, 2.24) is 0 Å². The molecule has 1 aliphatic heterocycles. The van der Waals surface area contributed by atoms with Crippen molar-refractivity contribution < 1.29 is 19.1 Å². The van der Waals surface area contributed by atoms with E-state index in [1.807, 2.05) is 0 Å². The number of cyclic esters (lactones) is 1. The van der Waals surface area contributed by atoms with Gasteiger partial charge >= 0.3 is 5.97 Å². The molecule has 0 amide bonds. The van der Waals surface area contributed by atoms with Crippen LogP contribution in [0, 0.1) is 22.7 Å². The van der Waals surface area contributed by atoms with E-state index in [1.54, 1.807) is 18.6 Å². The Labute approximate surface area is 142 Å². The molecule has 4 rings (SSSR count). The minimum Gasteiger partial charge on any atom is -0.472 e. The Balaban J connectivity index is 1.71. The summed E-state index contributed by atoms with van der Waals surface area (Å²) < 4.78 is 10.8. The van der Waals surface area contributed by atoms with E-state index in [2.05, 4.69) is 13.5 Å². The molecule has 2 bridgehead atoms. The Bertz CT molecular complexity index is 649. The van der Waals surface area contributed by atoms with Gasteiger partial charge in [0.1, 0.15) is 0 Å². The lowest BCUT2D eigenvalue weighted by Crippen LogP contribution is -2.61. The van der Waals surface area contributed by atoms with Crippen LogP contribution in [0.25, 0.3) is 0 Å². The van der Waals surface area contributed by atoms with Crippen LogP contribution in [0.3, 0.4) is 0 Å². The molecule has 130 valence electrons. The molecule has 1 aromatic heterocycles. The SMILES string of the molecule is C=C1CCC2C3(C)CCCC2(C(=O)OC3)C1CC(O)c1ccoc1. The Morgan fingerprint density at radius 1 is 1.46 bits per heavy atom. The summed E-state index contributed by atoms with van der Waals surface area (Å²) in [7, 11) is 0. The summed E-state index contributed by atoms with van der Waals surface area (Å²) >= 11 is 0. The first-order valence-electron chi connectivity index (χ1n) is 9.02. The van der Waals surface area contributed by atoms with Crippen LogP contribution in [0.15, 0.2) is 35.2 Å². The first kappa shape index (κ1) is 15.9. The van der Waals surface area contributed by atoms with Gasteiger partial charge in [-0.05, 0) is 50.0 Å². The number of ether oxygens (including phenoxy) is 1. The maximum atomic E-state index is 13.0. The number of hydrogen-bond donors (Lipinski definition) is 1. The number of carbonyl (C=O) groups excluding carboxylic acids is 1. The highest BCUT2D eigenvalue weighted by atomic mass is 16.5. The highest BCUT2D eigenvalue weighted by Gasteiger charge is 2.64. The van der Waals surface area contributed by atoms with Crippen LogP contribution in [-0.4, -0.2) is 17.7 Å². The van der Waals surface area contributed by atoms with Crippen LogP contribution >= 0.6 is 0 Å². The number of furan rings is 1. The third kappa shape index (κ3) is 2.12. The van der Waals surface area contributed by atoms with Gasteiger partial charge in [0.15, 0.2) is 0 Å². The predicted octanol–water partition coefficient (Wildman–Crippen LogP) is 4.02. The van der Waals surface area contributed by atoms with Crippen LogP contribution < -0.4 is 0 Å². The van der Waals surface area contributed by atoms with Gasteiger partial charge in [0.25, 0.3) is 0 Å². The maximum absolute atomic E-state index is 13.0. The van der Waals surface area contributed by atoms with Crippen molar-refractivity contribution in [3.63, 3.8) is 0 Å². The second-order valence-electron chi connectivity index (χ2n) is 8.23. The fraction of sp³-hybridized carbons (Fsp3) is 0.650. The highest BCUT2D eigenvalue weighted by molar-refractivity contribution is 5.80. The van der Waals surface area contributed by atoms with Crippen LogP contribution in [0.1, 0.15) is 57.1 Å². The zero-order valence-electron chi connectivity index (χ0n) is 14.3. The molecule has 1 saturated heterocycles. The molecule has 4 heteroatoms. The summed E-state index contributed by atoms with van der Waals surface area (Å²) in [6.07, 6.45) is 8.01. The summed E-state index contributed by atoms with van der Waals surface area (Å²) in [4.78, 5) is 13.0. The quantitative estimate of drug-likeness (QED) is 0.672. The number of aliphatic hydroxyl groups is 1. The van der Waals surface area contributed by atoms with Gasteiger partial charge in [0.2, 0.25) is 0 Å².